The van der Waals surface area contributed by atoms with Crippen LogP contribution in [0.15, 0.2) is 5.38 Å². The third kappa shape index (κ3) is 2.18. The van der Waals surface area contributed by atoms with E-state index in [9.17, 15) is 4.79 Å². The van der Waals surface area contributed by atoms with Gasteiger partial charge in [0.15, 0.2) is 0 Å². The van der Waals surface area contributed by atoms with E-state index in [0.717, 1.165) is 17.8 Å². The zero-order valence-corrected chi connectivity index (χ0v) is 11.9. The van der Waals surface area contributed by atoms with Gasteiger partial charge in [-0.3, -0.25) is 4.79 Å². The molecule has 1 aliphatic heterocycles. The Morgan fingerprint density at radius 3 is 2.56 bits per heavy atom. The number of rotatable bonds is 2. The molecule has 3 nitrogen and oxygen atoms in total. The highest BCUT2D eigenvalue weighted by Crippen LogP contribution is 2.41. The normalized spacial score (nSPS) is 28.4. The van der Waals surface area contributed by atoms with E-state index >= 15 is 0 Å². The number of carbonyl (C=O) groups is 1. The summed E-state index contributed by atoms with van der Waals surface area (Å²) in [5, 5.41) is 3.11. The fourth-order valence-electron chi connectivity index (χ4n) is 2.86. The van der Waals surface area contributed by atoms with Gasteiger partial charge in [-0.05, 0) is 46.0 Å². The van der Waals surface area contributed by atoms with Gasteiger partial charge >= 0.3 is 0 Å². The maximum atomic E-state index is 12.5. The summed E-state index contributed by atoms with van der Waals surface area (Å²) >= 11 is 1.66. The third-order valence-corrected chi connectivity index (χ3v) is 5.10. The molecule has 1 amide bonds. The molecule has 0 N–H and O–H groups in total. The van der Waals surface area contributed by atoms with E-state index in [1.807, 2.05) is 10.3 Å². The number of carbonyl (C=O) groups excluding carboxylic acids is 1. The van der Waals surface area contributed by atoms with Crippen molar-refractivity contribution in [3.63, 3.8) is 0 Å². The maximum absolute atomic E-state index is 12.5. The molecule has 0 radical (unpaired) electrons. The van der Waals surface area contributed by atoms with E-state index < -0.39 is 0 Å². The number of piperidine rings is 1. The monoisotopic (exact) mass is 264 g/mol. The Morgan fingerprint density at radius 2 is 1.94 bits per heavy atom. The lowest BCUT2D eigenvalue weighted by Gasteiger charge is -2.38. The fourth-order valence-corrected chi connectivity index (χ4v) is 3.82. The van der Waals surface area contributed by atoms with Crippen LogP contribution >= 0.6 is 11.3 Å². The number of hydrogen-bond acceptors (Lipinski definition) is 3. The van der Waals surface area contributed by atoms with Gasteiger partial charge in [0.2, 0.25) is 0 Å². The first-order valence-electron chi connectivity index (χ1n) is 6.95. The topological polar surface area (TPSA) is 33.2 Å². The molecule has 2 aliphatic rings. The van der Waals surface area contributed by atoms with Crippen molar-refractivity contribution >= 4 is 17.2 Å². The summed E-state index contributed by atoms with van der Waals surface area (Å²) in [7, 11) is 0. The van der Waals surface area contributed by atoms with Crippen LogP contribution in [-0.2, 0) is 0 Å². The number of nitrogens with zero attached hydrogens (tertiary/aromatic N) is 2. The molecule has 2 atom stereocenters. The molecule has 1 aromatic rings. The van der Waals surface area contributed by atoms with E-state index in [0.29, 0.717) is 23.7 Å². The van der Waals surface area contributed by atoms with Crippen LogP contribution in [0, 0.1) is 0 Å². The Bertz CT molecular complexity index is 442. The standard InChI is InChI=1S/C14H20N2OS/c1-9-4-3-5-10(2)16(9)14(17)12-8-18-13(15-12)11-6-7-11/h8-11H,3-7H2,1-2H3/t9-,10+. The molecule has 1 saturated carbocycles. The second-order valence-electron chi connectivity index (χ2n) is 5.69. The summed E-state index contributed by atoms with van der Waals surface area (Å²) in [6, 6.07) is 0.708. The molecule has 3 rings (SSSR count). The second-order valence-corrected chi connectivity index (χ2v) is 6.58. The van der Waals surface area contributed by atoms with Crippen LogP contribution in [0.4, 0.5) is 0 Å². The molecular formula is C14H20N2OS. The Balaban J connectivity index is 1.79. The van der Waals surface area contributed by atoms with Crippen molar-refractivity contribution in [2.75, 3.05) is 0 Å². The van der Waals surface area contributed by atoms with Crippen molar-refractivity contribution in [2.24, 2.45) is 0 Å². The van der Waals surface area contributed by atoms with Crippen LogP contribution in [0.5, 0.6) is 0 Å². The number of hydrogen-bond donors (Lipinski definition) is 0. The predicted octanol–water partition coefficient (Wildman–Crippen LogP) is 3.42. The van der Waals surface area contributed by atoms with Gasteiger partial charge in [0.25, 0.3) is 5.91 Å². The van der Waals surface area contributed by atoms with E-state index in [4.69, 9.17) is 0 Å². The van der Waals surface area contributed by atoms with E-state index in [2.05, 4.69) is 18.8 Å². The molecular weight excluding hydrogens is 244 g/mol. The van der Waals surface area contributed by atoms with Gasteiger partial charge in [-0.15, -0.1) is 11.3 Å². The SMILES string of the molecule is C[C@@H]1CCC[C@H](C)N1C(=O)c1csc(C2CC2)n1. The highest BCUT2D eigenvalue weighted by Gasteiger charge is 2.32. The molecule has 2 heterocycles. The lowest BCUT2D eigenvalue weighted by molar-refractivity contribution is 0.0505. The van der Waals surface area contributed by atoms with Crippen molar-refractivity contribution in [3.8, 4) is 0 Å². The molecule has 0 bridgehead atoms. The average Bonchev–Trinajstić information content (AvgIpc) is 3.07. The molecule has 0 spiro atoms. The predicted molar refractivity (Wildman–Crippen MR) is 73.0 cm³/mol. The average molecular weight is 264 g/mol. The summed E-state index contributed by atoms with van der Waals surface area (Å²) in [5.74, 6) is 0.783. The number of thiazole rings is 1. The Labute approximate surface area is 112 Å². The number of likely N-dealkylation sites (tertiary alicyclic amines) is 1. The fraction of sp³-hybridized carbons (Fsp3) is 0.714. The molecule has 1 saturated heterocycles. The molecule has 0 aromatic carbocycles. The van der Waals surface area contributed by atoms with Crippen LogP contribution in [0.1, 0.15) is 67.4 Å². The van der Waals surface area contributed by atoms with Gasteiger partial charge in [0.05, 0.1) is 5.01 Å². The Morgan fingerprint density at radius 1 is 1.28 bits per heavy atom. The minimum Gasteiger partial charge on any atom is -0.332 e. The van der Waals surface area contributed by atoms with Gasteiger partial charge in [-0.25, -0.2) is 4.98 Å². The first kappa shape index (κ1) is 12.2. The summed E-state index contributed by atoms with van der Waals surface area (Å²) in [4.78, 5) is 19.1. The molecule has 4 heteroatoms. The number of amides is 1. The zero-order chi connectivity index (χ0) is 12.7. The van der Waals surface area contributed by atoms with Crippen LogP contribution < -0.4 is 0 Å². The van der Waals surface area contributed by atoms with Gasteiger partial charge in [-0.2, -0.15) is 0 Å². The summed E-state index contributed by atoms with van der Waals surface area (Å²) < 4.78 is 0. The van der Waals surface area contributed by atoms with Crippen molar-refractivity contribution < 1.29 is 4.79 Å². The summed E-state index contributed by atoms with van der Waals surface area (Å²) in [6.07, 6.45) is 5.97. The third-order valence-electron chi connectivity index (χ3n) is 4.10. The molecule has 98 valence electrons. The summed E-state index contributed by atoms with van der Waals surface area (Å²) in [6.45, 7) is 4.31. The minimum atomic E-state index is 0.137. The minimum absolute atomic E-state index is 0.137. The lowest BCUT2D eigenvalue weighted by Crippen LogP contribution is -2.47. The molecule has 0 unspecified atom stereocenters. The molecule has 1 aliphatic carbocycles. The number of aromatic nitrogens is 1. The first-order valence-corrected chi connectivity index (χ1v) is 7.83. The second kappa shape index (κ2) is 4.65. The van der Waals surface area contributed by atoms with Gasteiger partial charge in [0.1, 0.15) is 5.69 Å². The molecule has 1 aromatic heterocycles. The van der Waals surface area contributed by atoms with Crippen LogP contribution in [-0.4, -0.2) is 27.9 Å². The highest BCUT2D eigenvalue weighted by atomic mass is 32.1. The zero-order valence-electron chi connectivity index (χ0n) is 11.1. The van der Waals surface area contributed by atoms with E-state index in [1.165, 1.54) is 19.3 Å². The molecule has 18 heavy (non-hydrogen) atoms. The van der Waals surface area contributed by atoms with E-state index in [1.54, 1.807) is 11.3 Å². The van der Waals surface area contributed by atoms with Gasteiger partial charge in [0, 0.05) is 23.4 Å². The largest absolute Gasteiger partial charge is 0.332 e. The highest BCUT2D eigenvalue weighted by molar-refractivity contribution is 7.10. The van der Waals surface area contributed by atoms with Crippen molar-refractivity contribution in [2.45, 2.75) is 64.0 Å². The first-order chi connectivity index (χ1) is 8.66. The van der Waals surface area contributed by atoms with Gasteiger partial charge < -0.3 is 4.90 Å². The van der Waals surface area contributed by atoms with Crippen LogP contribution in [0.3, 0.4) is 0 Å². The molecule has 2 fully saturated rings. The van der Waals surface area contributed by atoms with Gasteiger partial charge in [-0.1, -0.05) is 0 Å². The smallest absolute Gasteiger partial charge is 0.273 e. The van der Waals surface area contributed by atoms with Crippen molar-refractivity contribution in [1.29, 1.82) is 0 Å². The van der Waals surface area contributed by atoms with Crippen molar-refractivity contribution in [1.82, 2.24) is 9.88 Å². The maximum Gasteiger partial charge on any atom is 0.273 e. The van der Waals surface area contributed by atoms with E-state index in [-0.39, 0.29) is 5.91 Å². The Kier molecular flexibility index (Phi) is 3.14. The van der Waals surface area contributed by atoms with Crippen molar-refractivity contribution in [3.05, 3.63) is 16.1 Å². The van der Waals surface area contributed by atoms with Crippen LogP contribution in [0.2, 0.25) is 0 Å². The lowest BCUT2D eigenvalue weighted by atomic mass is 9.97. The Hall–Kier alpha value is -0.900. The summed E-state index contributed by atoms with van der Waals surface area (Å²) in [5.41, 5.74) is 0.669. The quantitative estimate of drug-likeness (QED) is 0.820. The van der Waals surface area contributed by atoms with Crippen LogP contribution in [0.25, 0.3) is 0 Å².